The number of halogens is 3. The molecule has 0 fully saturated rings. The van der Waals surface area contributed by atoms with Crippen LogP contribution in [0.25, 0.3) is 0 Å². The Morgan fingerprint density at radius 1 is 0.893 bits per heavy atom. The standard InChI is InChI=1S/C20H17F3N4O/c1-12-3-7-15(8-4-12)26-18-11-17(24-13(2)25-18)19(28)27-16-9-5-14(6-10-16)20(21,22)23/h3-11H,1-2H3,(H,27,28)(H,24,25,26). The molecule has 0 aliphatic carbocycles. The number of aryl methyl sites for hydroxylation is 2. The van der Waals surface area contributed by atoms with Crippen LogP contribution in [-0.4, -0.2) is 15.9 Å². The maximum Gasteiger partial charge on any atom is 0.416 e. The Kier molecular flexibility index (Phi) is 5.30. The van der Waals surface area contributed by atoms with Gasteiger partial charge in [0.2, 0.25) is 0 Å². The monoisotopic (exact) mass is 386 g/mol. The van der Waals surface area contributed by atoms with Gasteiger partial charge in [-0.05, 0) is 50.2 Å². The van der Waals surface area contributed by atoms with E-state index in [1.165, 1.54) is 18.2 Å². The highest BCUT2D eigenvalue weighted by Crippen LogP contribution is 2.29. The van der Waals surface area contributed by atoms with E-state index < -0.39 is 17.6 Å². The second-order valence-electron chi connectivity index (χ2n) is 6.21. The first kappa shape index (κ1) is 19.3. The molecule has 3 rings (SSSR count). The van der Waals surface area contributed by atoms with Crippen LogP contribution >= 0.6 is 0 Å². The van der Waals surface area contributed by atoms with Crippen LogP contribution in [0.2, 0.25) is 0 Å². The molecule has 0 atom stereocenters. The number of carbonyl (C=O) groups excluding carboxylic acids is 1. The number of nitrogens with zero attached hydrogens (tertiary/aromatic N) is 2. The van der Waals surface area contributed by atoms with E-state index in [1.54, 1.807) is 6.92 Å². The first-order valence-electron chi connectivity index (χ1n) is 8.39. The van der Waals surface area contributed by atoms with Crippen molar-refractivity contribution in [1.82, 2.24) is 9.97 Å². The molecule has 0 unspecified atom stereocenters. The fraction of sp³-hybridized carbons (Fsp3) is 0.150. The summed E-state index contributed by atoms with van der Waals surface area (Å²) in [5.41, 5.74) is 1.47. The van der Waals surface area contributed by atoms with Gasteiger partial charge in [-0.1, -0.05) is 17.7 Å². The van der Waals surface area contributed by atoms with Crippen LogP contribution in [0.1, 0.15) is 27.4 Å². The van der Waals surface area contributed by atoms with E-state index in [1.807, 2.05) is 31.2 Å². The van der Waals surface area contributed by atoms with Gasteiger partial charge in [0.25, 0.3) is 5.91 Å². The van der Waals surface area contributed by atoms with Gasteiger partial charge in [0.1, 0.15) is 17.3 Å². The molecule has 1 heterocycles. The highest BCUT2D eigenvalue weighted by molar-refractivity contribution is 6.03. The van der Waals surface area contributed by atoms with Crippen LogP contribution < -0.4 is 10.6 Å². The van der Waals surface area contributed by atoms with Crippen molar-refractivity contribution in [1.29, 1.82) is 0 Å². The Morgan fingerprint density at radius 2 is 1.50 bits per heavy atom. The van der Waals surface area contributed by atoms with E-state index in [4.69, 9.17) is 0 Å². The van der Waals surface area contributed by atoms with Gasteiger partial charge in [0, 0.05) is 17.4 Å². The van der Waals surface area contributed by atoms with Gasteiger partial charge in [-0.3, -0.25) is 4.79 Å². The summed E-state index contributed by atoms with van der Waals surface area (Å²) in [6.45, 7) is 3.62. The fourth-order valence-electron chi connectivity index (χ4n) is 2.47. The van der Waals surface area contributed by atoms with E-state index >= 15 is 0 Å². The lowest BCUT2D eigenvalue weighted by Crippen LogP contribution is -2.15. The lowest BCUT2D eigenvalue weighted by molar-refractivity contribution is -0.137. The number of hydrogen-bond acceptors (Lipinski definition) is 4. The van der Waals surface area contributed by atoms with Crippen LogP contribution in [0, 0.1) is 13.8 Å². The molecule has 1 amide bonds. The third-order valence-corrected chi connectivity index (χ3v) is 3.86. The van der Waals surface area contributed by atoms with Gasteiger partial charge < -0.3 is 10.6 Å². The van der Waals surface area contributed by atoms with Crippen LogP contribution in [0.5, 0.6) is 0 Å². The SMILES string of the molecule is Cc1ccc(Nc2cc(C(=O)Nc3ccc(C(F)(F)F)cc3)nc(C)n2)cc1. The number of aromatic nitrogens is 2. The Morgan fingerprint density at radius 3 is 2.11 bits per heavy atom. The molecule has 3 aromatic rings. The van der Waals surface area contributed by atoms with Gasteiger partial charge >= 0.3 is 6.18 Å². The van der Waals surface area contributed by atoms with E-state index in [2.05, 4.69) is 20.6 Å². The van der Waals surface area contributed by atoms with E-state index in [0.717, 1.165) is 23.4 Å². The molecule has 2 N–H and O–H groups in total. The Labute approximate surface area is 159 Å². The predicted molar refractivity (Wildman–Crippen MR) is 101 cm³/mol. The summed E-state index contributed by atoms with van der Waals surface area (Å²) in [7, 11) is 0. The number of rotatable bonds is 4. The molecular formula is C20H17F3N4O. The smallest absolute Gasteiger partial charge is 0.340 e. The van der Waals surface area contributed by atoms with Crippen molar-refractivity contribution in [3.05, 3.63) is 77.2 Å². The maximum absolute atomic E-state index is 12.6. The molecule has 2 aromatic carbocycles. The summed E-state index contributed by atoms with van der Waals surface area (Å²) in [5, 5.41) is 5.64. The molecule has 0 aliphatic rings. The van der Waals surface area contributed by atoms with E-state index in [9.17, 15) is 18.0 Å². The summed E-state index contributed by atoms with van der Waals surface area (Å²) < 4.78 is 37.9. The second-order valence-corrected chi connectivity index (χ2v) is 6.21. The average molecular weight is 386 g/mol. The Hall–Kier alpha value is -3.42. The molecule has 0 aliphatic heterocycles. The number of benzene rings is 2. The topological polar surface area (TPSA) is 66.9 Å². The van der Waals surface area contributed by atoms with Gasteiger partial charge in [0.05, 0.1) is 5.56 Å². The molecule has 0 bridgehead atoms. The van der Waals surface area contributed by atoms with Crippen molar-refractivity contribution in [2.45, 2.75) is 20.0 Å². The van der Waals surface area contributed by atoms with Crippen molar-refractivity contribution in [2.24, 2.45) is 0 Å². The molecule has 5 nitrogen and oxygen atoms in total. The maximum atomic E-state index is 12.6. The zero-order chi connectivity index (χ0) is 20.3. The van der Waals surface area contributed by atoms with Crippen LogP contribution in [0.15, 0.2) is 54.6 Å². The van der Waals surface area contributed by atoms with Crippen LogP contribution in [0.4, 0.5) is 30.4 Å². The summed E-state index contributed by atoms with van der Waals surface area (Å²) in [5.74, 6) is 0.279. The average Bonchev–Trinajstić information content (AvgIpc) is 2.63. The van der Waals surface area contributed by atoms with Gasteiger partial charge in [0.15, 0.2) is 0 Å². The van der Waals surface area contributed by atoms with Crippen molar-refractivity contribution >= 4 is 23.1 Å². The molecular weight excluding hydrogens is 369 g/mol. The minimum atomic E-state index is -4.43. The third kappa shape index (κ3) is 4.85. The minimum Gasteiger partial charge on any atom is -0.340 e. The highest BCUT2D eigenvalue weighted by atomic mass is 19.4. The predicted octanol–water partition coefficient (Wildman–Crippen LogP) is 5.11. The first-order chi connectivity index (χ1) is 13.2. The van der Waals surface area contributed by atoms with E-state index in [-0.39, 0.29) is 11.4 Å². The van der Waals surface area contributed by atoms with Crippen LogP contribution in [0.3, 0.4) is 0 Å². The molecule has 0 saturated carbocycles. The number of carbonyl (C=O) groups is 1. The lowest BCUT2D eigenvalue weighted by Gasteiger charge is -2.10. The molecule has 28 heavy (non-hydrogen) atoms. The minimum absolute atomic E-state index is 0.0991. The number of hydrogen-bond donors (Lipinski definition) is 2. The van der Waals surface area contributed by atoms with Crippen molar-refractivity contribution in [2.75, 3.05) is 10.6 Å². The normalized spacial score (nSPS) is 11.2. The van der Waals surface area contributed by atoms with Gasteiger partial charge in [-0.2, -0.15) is 13.2 Å². The zero-order valence-corrected chi connectivity index (χ0v) is 15.1. The molecule has 0 spiro atoms. The van der Waals surface area contributed by atoms with Crippen molar-refractivity contribution in [3.8, 4) is 0 Å². The van der Waals surface area contributed by atoms with Gasteiger partial charge in [-0.15, -0.1) is 0 Å². The molecule has 1 aromatic heterocycles. The quantitative estimate of drug-likeness (QED) is 0.654. The fourth-order valence-corrected chi connectivity index (χ4v) is 2.47. The van der Waals surface area contributed by atoms with Crippen molar-refractivity contribution < 1.29 is 18.0 Å². The summed E-state index contributed by atoms with van der Waals surface area (Å²) >= 11 is 0. The van der Waals surface area contributed by atoms with Gasteiger partial charge in [-0.25, -0.2) is 9.97 Å². The highest BCUT2D eigenvalue weighted by Gasteiger charge is 2.30. The number of alkyl halides is 3. The third-order valence-electron chi connectivity index (χ3n) is 3.86. The Bertz CT molecular complexity index is 984. The van der Waals surface area contributed by atoms with Crippen molar-refractivity contribution in [3.63, 3.8) is 0 Å². The summed E-state index contributed by atoms with van der Waals surface area (Å²) in [4.78, 5) is 20.8. The molecule has 144 valence electrons. The Balaban J connectivity index is 1.76. The number of nitrogens with one attached hydrogen (secondary N) is 2. The molecule has 8 heteroatoms. The number of anilines is 3. The second kappa shape index (κ2) is 7.67. The summed E-state index contributed by atoms with van der Waals surface area (Å²) in [6.07, 6.45) is -4.43. The zero-order valence-electron chi connectivity index (χ0n) is 15.1. The van der Waals surface area contributed by atoms with Crippen LogP contribution in [-0.2, 0) is 6.18 Å². The summed E-state index contributed by atoms with van der Waals surface area (Å²) in [6, 6.07) is 13.3. The molecule has 0 saturated heterocycles. The lowest BCUT2D eigenvalue weighted by atomic mass is 10.2. The largest absolute Gasteiger partial charge is 0.416 e. The molecule has 0 radical (unpaired) electrons. The number of amides is 1. The first-order valence-corrected chi connectivity index (χ1v) is 8.39. The van der Waals surface area contributed by atoms with E-state index in [0.29, 0.717) is 11.6 Å².